The van der Waals surface area contributed by atoms with Gasteiger partial charge in [0.1, 0.15) is 11.3 Å². The number of Topliss-reactive ketones (excluding diaryl/α,β-unsaturated/α-hetero) is 1. The molecule has 1 fully saturated rings. The topological polar surface area (TPSA) is 131 Å². The molecule has 2 unspecified atom stereocenters. The second kappa shape index (κ2) is 10.2. The van der Waals surface area contributed by atoms with Crippen LogP contribution in [0.5, 0.6) is 5.75 Å². The monoisotopic (exact) mass is 507 g/mol. The molecule has 8 nitrogen and oxygen atoms in total. The number of ketones is 1. The van der Waals surface area contributed by atoms with E-state index in [0.29, 0.717) is 40.0 Å². The first-order valence-corrected chi connectivity index (χ1v) is 11.6. The molecule has 0 saturated heterocycles. The molecule has 0 spiro atoms. The first-order valence-electron chi connectivity index (χ1n) is 10.8. The summed E-state index contributed by atoms with van der Waals surface area (Å²) in [5.41, 5.74) is 4.18. The Labute approximate surface area is 207 Å². The number of halogens is 2. The van der Waals surface area contributed by atoms with Crippen molar-refractivity contribution < 1.29 is 24.2 Å². The van der Waals surface area contributed by atoms with Gasteiger partial charge in [0.25, 0.3) is 0 Å². The summed E-state index contributed by atoms with van der Waals surface area (Å²) in [5, 5.41) is 15.7. The molecule has 1 saturated carbocycles. The summed E-state index contributed by atoms with van der Waals surface area (Å²) in [6.45, 7) is 3.20. The third-order valence-electron chi connectivity index (χ3n) is 5.87. The molecule has 10 heteroatoms. The molecule has 0 heterocycles. The highest BCUT2D eigenvalue weighted by atomic mass is 35.5. The second-order valence-electron chi connectivity index (χ2n) is 8.88. The summed E-state index contributed by atoms with van der Waals surface area (Å²) in [6.07, 6.45) is 2.06. The number of carbonyl (C=O) groups is 3. The number of carboxylic acid groups (broad SMARTS) is 1. The van der Waals surface area contributed by atoms with Gasteiger partial charge in [0.2, 0.25) is 0 Å². The Balaban J connectivity index is 1.64. The summed E-state index contributed by atoms with van der Waals surface area (Å²) in [6, 6.07) is 10.6. The number of anilines is 2. The van der Waals surface area contributed by atoms with Crippen molar-refractivity contribution in [1.29, 1.82) is 0 Å². The zero-order chi connectivity index (χ0) is 25.1. The van der Waals surface area contributed by atoms with E-state index in [4.69, 9.17) is 33.7 Å². The van der Waals surface area contributed by atoms with Gasteiger partial charge in [-0.1, -0.05) is 36.0 Å². The van der Waals surface area contributed by atoms with Crippen molar-refractivity contribution in [3.8, 4) is 5.75 Å². The number of carboxylic acids is 1. The van der Waals surface area contributed by atoms with E-state index in [1.807, 2.05) is 0 Å². The van der Waals surface area contributed by atoms with Crippen molar-refractivity contribution >= 4 is 52.4 Å². The highest BCUT2D eigenvalue weighted by Gasteiger charge is 2.51. The average molecular weight is 508 g/mol. The van der Waals surface area contributed by atoms with Gasteiger partial charge in [-0.15, -0.1) is 0 Å². The number of hydrogen-bond donors (Lipinski definition) is 4. The van der Waals surface area contributed by atoms with Crippen LogP contribution < -0.4 is 21.1 Å². The lowest BCUT2D eigenvalue weighted by Crippen LogP contribution is -2.61. The van der Waals surface area contributed by atoms with Gasteiger partial charge in [-0.3, -0.25) is 9.59 Å². The molecule has 0 radical (unpaired) electrons. The largest absolute Gasteiger partial charge is 0.480 e. The molecule has 2 amide bonds. The molecule has 182 valence electrons. The minimum absolute atomic E-state index is 0.249. The van der Waals surface area contributed by atoms with Gasteiger partial charge in [0.15, 0.2) is 11.4 Å². The Bertz CT molecular complexity index is 1070. The Kier molecular flexibility index (Phi) is 7.75. The standard InChI is InChI=1S/C24H27Cl2N3O5/c1-23(2,20(30)19-5-3-4-10-24(19,27)21(31)32)34-18-8-6-16(7-9-18)28-22(33)29-17-12-14(25)11-15(26)13-17/h6-9,11-13,19H,3-5,10,27H2,1-2H3,(H,31,32)(H2,28,29,33). The van der Waals surface area contributed by atoms with Gasteiger partial charge in [-0.25, -0.2) is 4.79 Å². The van der Waals surface area contributed by atoms with Crippen molar-refractivity contribution in [3.05, 3.63) is 52.5 Å². The van der Waals surface area contributed by atoms with Crippen LogP contribution in [-0.2, 0) is 9.59 Å². The molecular formula is C24H27Cl2N3O5. The number of rotatable bonds is 7. The van der Waals surface area contributed by atoms with Crippen LogP contribution in [0.1, 0.15) is 39.5 Å². The quantitative estimate of drug-likeness (QED) is 0.400. The minimum Gasteiger partial charge on any atom is -0.480 e. The summed E-state index contributed by atoms with van der Waals surface area (Å²) in [4.78, 5) is 37.3. The molecule has 1 aliphatic carbocycles. The molecule has 2 aromatic rings. The molecule has 0 bridgehead atoms. The maximum atomic E-state index is 13.2. The summed E-state index contributed by atoms with van der Waals surface area (Å²) >= 11 is 11.9. The fourth-order valence-electron chi connectivity index (χ4n) is 4.11. The van der Waals surface area contributed by atoms with E-state index < -0.39 is 29.1 Å². The third kappa shape index (κ3) is 6.00. The van der Waals surface area contributed by atoms with Crippen molar-refractivity contribution in [3.63, 3.8) is 0 Å². The molecule has 5 N–H and O–H groups in total. The number of aliphatic carboxylic acids is 1. The first-order chi connectivity index (χ1) is 15.9. The van der Waals surface area contributed by atoms with Crippen molar-refractivity contribution in [2.24, 2.45) is 11.7 Å². The van der Waals surface area contributed by atoms with Gasteiger partial charge in [0.05, 0.1) is 5.92 Å². The lowest BCUT2D eigenvalue weighted by molar-refractivity contribution is -0.154. The normalized spacial score (nSPS) is 20.3. The Morgan fingerprint density at radius 3 is 2.21 bits per heavy atom. The zero-order valence-electron chi connectivity index (χ0n) is 18.9. The van der Waals surface area contributed by atoms with E-state index in [0.717, 1.165) is 6.42 Å². The van der Waals surface area contributed by atoms with Crippen LogP contribution in [0.3, 0.4) is 0 Å². The third-order valence-corrected chi connectivity index (χ3v) is 6.31. The number of carbonyl (C=O) groups excluding carboxylic acids is 2. The molecule has 1 aliphatic rings. The van der Waals surface area contributed by atoms with Crippen LogP contribution in [0.4, 0.5) is 16.2 Å². The Morgan fingerprint density at radius 2 is 1.62 bits per heavy atom. The molecule has 2 aromatic carbocycles. The number of ether oxygens (including phenoxy) is 1. The van der Waals surface area contributed by atoms with E-state index in [2.05, 4.69) is 10.6 Å². The predicted octanol–water partition coefficient (Wildman–Crippen LogP) is 5.34. The second-order valence-corrected chi connectivity index (χ2v) is 9.76. The van der Waals surface area contributed by atoms with Crippen LogP contribution in [0.25, 0.3) is 0 Å². The number of nitrogens with one attached hydrogen (secondary N) is 2. The van der Waals surface area contributed by atoms with Gasteiger partial charge < -0.3 is 26.2 Å². The number of nitrogens with two attached hydrogens (primary N) is 1. The predicted molar refractivity (Wildman–Crippen MR) is 132 cm³/mol. The molecular weight excluding hydrogens is 481 g/mol. The Morgan fingerprint density at radius 1 is 1.03 bits per heavy atom. The minimum atomic E-state index is -1.59. The van der Waals surface area contributed by atoms with Crippen LogP contribution in [0.15, 0.2) is 42.5 Å². The van der Waals surface area contributed by atoms with Gasteiger partial charge in [-0.05, 0) is 69.2 Å². The number of hydrogen-bond acceptors (Lipinski definition) is 5. The van der Waals surface area contributed by atoms with E-state index in [9.17, 15) is 19.5 Å². The maximum Gasteiger partial charge on any atom is 0.324 e. The summed E-state index contributed by atoms with van der Waals surface area (Å²) in [7, 11) is 0. The van der Waals surface area contributed by atoms with E-state index in [-0.39, 0.29) is 12.2 Å². The number of benzene rings is 2. The molecule has 34 heavy (non-hydrogen) atoms. The van der Waals surface area contributed by atoms with Crippen molar-refractivity contribution in [2.45, 2.75) is 50.7 Å². The van der Waals surface area contributed by atoms with Crippen molar-refractivity contribution in [1.82, 2.24) is 0 Å². The van der Waals surface area contributed by atoms with E-state index >= 15 is 0 Å². The van der Waals surface area contributed by atoms with E-state index in [1.165, 1.54) is 0 Å². The van der Waals surface area contributed by atoms with Crippen LogP contribution in [0.2, 0.25) is 10.0 Å². The fourth-order valence-corrected chi connectivity index (χ4v) is 4.64. The zero-order valence-corrected chi connectivity index (χ0v) is 20.4. The SMILES string of the molecule is CC(C)(Oc1ccc(NC(=O)Nc2cc(Cl)cc(Cl)c2)cc1)C(=O)C1CCCCC1(N)C(=O)O. The van der Waals surface area contributed by atoms with Gasteiger partial charge in [-0.2, -0.15) is 0 Å². The van der Waals surface area contributed by atoms with Crippen LogP contribution >= 0.6 is 23.2 Å². The first kappa shape index (κ1) is 25.8. The van der Waals surface area contributed by atoms with Crippen LogP contribution in [-0.4, -0.2) is 34.0 Å². The van der Waals surface area contributed by atoms with Gasteiger partial charge >= 0.3 is 12.0 Å². The smallest absolute Gasteiger partial charge is 0.324 e. The van der Waals surface area contributed by atoms with Gasteiger partial charge in [0, 0.05) is 21.4 Å². The van der Waals surface area contributed by atoms with E-state index in [1.54, 1.807) is 56.3 Å². The average Bonchev–Trinajstić information content (AvgIpc) is 2.74. The lowest BCUT2D eigenvalue weighted by atomic mass is 9.68. The summed E-state index contributed by atoms with van der Waals surface area (Å²) in [5.74, 6) is -1.97. The number of amides is 2. The highest BCUT2D eigenvalue weighted by molar-refractivity contribution is 6.35. The fraction of sp³-hybridized carbons (Fsp3) is 0.375. The molecule has 0 aromatic heterocycles. The maximum absolute atomic E-state index is 13.2. The summed E-state index contributed by atoms with van der Waals surface area (Å²) < 4.78 is 5.92. The Hall–Kier alpha value is -2.81. The molecule has 3 rings (SSSR count). The van der Waals surface area contributed by atoms with Crippen molar-refractivity contribution in [2.75, 3.05) is 10.6 Å². The number of urea groups is 1. The highest BCUT2D eigenvalue weighted by Crippen LogP contribution is 2.36. The van der Waals surface area contributed by atoms with Crippen LogP contribution in [0, 0.1) is 5.92 Å². The molecule has 2 atom stereocenters. The molecule has 0 aliphatic heterocycles. The lowest BCUT2D eigenvalue weighted by Gasteiger charge is -2.40.